The summed E-state index contributed by atoms with van der Waals surface area (Å²) in [6.45, 7) is 7.49. The van der Waals surface area contributed by atoms with Crippen molar-refractivity contribution in [2.75, 3.05) is 0 Å². The SMILES string of the molecule is CC(=O)[C@@H]1C(=O)N(C(C)(C)C)[C@@H]1c1ccccc1. The summed E-state index contributed by atoms with van der Waals surface area (Å²) in [6.07, 6.45) is 0. The van der Waals surface area contributed by atoms with Crippen LogP contribution in [-0.4, -0.2) is 22.1 Å². The maximum Gasteiger partial charge on any atom is 0.236 e. The zero-order valence-corrected chi connectivity index (χ0v) is 11.3. The summed E-state index contributed by atoms with van der Waals surface area (Å²) in [4.78, 5) is 25.6. The van der Waals surface area contributed by atoms with Crippen molar-refractivity contribution in [3.05, 3.63) is 35.9 Å². The van der Waals surface area contributed by atoms with Crippen LogP contribution >= 0.6 is 0 Å². The van der Waals surface area contributed by atoms with Crippen LogP contribution in [0, 0.1) is 5.92 Å². The summed E-state index contributed by atoms with van der Waals surface area (Å²) in [7, 11) is 0. The van der Waals surface area contributed by atoms with E-state index in [1.807, 2.05) is 56.0 Å². The number of carbonyl (C=O) groups is 2. The van der Waals surface area contributed by atoms with Crippen LogP contribution in [0.1, 0.15) is 39.3 Å². The molecule has 0 N–H and O–H groups in total. The Bertz CT molecular complexity index is 473. The number of benzene rings is 1. The molecule has 2 rings (SSSR count). The van der Waals surface area contributed by atoms with Crippen LogP contribution < -0.4 is 0 Å². The molecule has 1 aliphatic rings. The Morgan fingerprint density at radius 1 is 1.17 bits per heavy atom. The van der Waals surface area contributed by atoms with Crippen molar-refractivity contribution in [1.82, 2.24) is 4.90 Å². The molecule has 0 aromatic heterocycles. The molecular formula is C15H19NO2. The van der Waals surface area contributed by atoms with Crippen LogP contribution in [-0.2, 0) is 9.59 Å². The third kappa shape index (κ3) is 1.94. The lowest BCUT2D eigenvalue weighted by molar-refractivity contribution is -0.170. The molecule has 1 amide bonds. The summed E-state index contributed by atoms with van der Waals surface area (Å²) < 4.78 is 0. The largest absolute Gasteiger partial charge is 0.329 e. The first-order chi connectivity index (χ1) is 8.34. The molecule has 1 heterocycles. The minimum atomic E-state index is -0.508. The fourth-order valence-corrected chi connectivity index (χ4v) is 2.62. The second-order valence-corrected chi connectivity index (χ2v) is 5.82. The van der Waals surface area contributed by atoms with Gasteiger partial charge in [0.2, 0.25) is 5.91 Å². The normalized spacial score (nSPS) is 23.8. The summed E-state index contributed by atoms with van der Waals surface area (Å²) in [6, 6.07) is 9.66. The van der Waals surface area contributed by atoms with Crippen LogP contribution in [0.25, 0.3) is 0 Å². The third-order valence-corrected chi connectivity index (χ3v) is 3.40. The van der Waals surface area contributed by atoms with Crippen molar-refractivity contribution in [3.8, 4) is 0 Å². The molecular weight excluding hydrogens is 226 g/mol. The lowest BCUT2D eigenvalue weighted by atomic mass is 9.77. The van der Waals surface area contributed by atoms with Gasteiger partial charge in [-0.15, -0.1) is 0 Å². The average molecular weight is 245 g/mol. The van der Waals surface area contributed by atoms with E-state index in [2.05, 4.69) is 0 Å². The van der Waals surface area contributed by atoms with Gasteiger partial charge in [-0.05, 0) is 33.3 Å². The zero-order chi connectivity index (χ0) is 13.5. The maximum atomic E-state index is 12.1. The lowest BCUT2D eigenvalue weighted by Crippen LogP contribution is -2.63. The summed E-state index contributed by atoms with van der Waals surface area (Å²) in [5.74, 6) is -0.607. The molecule has 1 aromatic carbocycles. The second-order valence-electron chi connectivity index (χ2n) is 5.82. The highest BCUT2D eigenvalue weighted by Crippen LogP contribution is 2.44. The van der Waals surface area contributed by atoms with Crippen molar-refractivity contribution in [1.29, 1.82) is 0 Å². The van der Waals surface area contributed by atoms with E-state index in [1.54, 1.807) is 0 Å². The first-order valence-electron chi connectivity index (χ1n) is 6.22. The molecule has 1 aromatic rings. The van der Waals surface area contributed by atoms with Crippen LogP contribution in [0.15, 0.2) is 30.3 Å². The lowest BCUT2D eigenvalue weighted by Gasteiger charge is -2.53. The van der Waals surface area contributed by atoms with E-state index in [4.69, 9.17) is 0 Å². The molecule has 1 saturated heterocycles. The Morgan fingerprint density at radius 3 is 2.17 bits per heavy atom. The monoisotopic (exact) mass is 245 g/mol. The molecule has 96 valence electrons. The highest BCUT2D eigenvalue weighted by Gasteiger charge is 2.54. The Kier molecular flexibility index (Phi) is 3.01. The van der Waals surface area contributed by atoms with E-state index in [1.165, 1.54) is 6.92 Å². The molecule has 0 radical (unpaired) electrons. The zero-order valence-electron chi connectivity index (χ0n) is 11.3. The number of amides is 1. The number of Topliss-reactive ketones (excluding diaryl/α,β-unsaturated/α-hetero) is 1. The minimum Gasteiger partial charge on any atom is -0.329 e. The van der Waals surface area contributed by atoms with E-state index in [-0.39, 0.29) is 23.3 Å². The van der Waals surface area contributed by atoms with Crippen molar-refractivity contribution in [2.24, 2.45) is 5.92 Å². The van der Waals surface area contributed by atoms with Crippen LogP contribution in [0.4, 0.5) is 0 Å². The van der Waals surface area contributed by atoms with E-state index >= 15 is 0 Å². The predicted molar refractivity (Wildman–Crippen MR) is 70.0 cm³/mol. The Hall–Kier alpha value is -1.64. The van der Waals surface area contributed by atoms with Crippen LogP contribution in [0.5, 0.6) is 0 Å². The summed E-state index contributed by atoms with van der Waals surface area (Å²) in [5.41, 5.74) is 0.774. The number of ketones is 1. The molecule has 18 heavy (non-hydrogen) atoms. The fourth-order valence-electron chi connectivity index (χ4n) is 2.62. The van der Waals surface area contributed by atoms with Gasteiger partial charge in [0.25, 0.3) is 0 Å². The topological polar surface area (TPSA) is 37.4 Å². The average Bonchev–Trinajstić information content (AvgIpc) is 2.24. The van der Waals surface area contributed by atoms with Gasteiger partial charge < -0.3 is 4.90 Å². The van der Waals surface area contributed by atoms with Crippen molar-refractivity contribution >= 4 is 11.7 Å². The molecule has 1 aliphatic heterocycles. The molecule has 3 heteroatoms. The van der Waals surface area contributed by atoms with Gasteiger partial charge in [-0.25, -0.2) is 0 Å². The van der Waals surface area contributed by atoms with Gasteiger partial charge in [0, 0.05) is 5.54 Å². The Morgan fingerprint density at radius 2 is 1.72 bits per heavy atom. The molecule has 0 saturated carbocycles. The van der Waals surface area contributed by atoms with Gasteiger partial charge >= 0.3 is 0 Å². The second kappa shape index (κ2) is 4.23. The molecule has 0 bridgehead atoms. The van der Waals surface area contributed by atoms with Gasteiger partial charge in [0.15, 0.2) is 0 Å². The first kappa shape index (κ1) is 12.8. The Balaban J connectivity index is 2.40. The van der Waals surface area contributed by atoms with E-state index in [0.717, 1.165) is 5.56 Å². The number of rotatable bonds is 2. The van der Waals surface area contributed by atoms with Crippen molar-refractivity contribution in [3.63, 3.8) is 0 Å². The van der Waals surface area contributed by atoms with Crippen LogP contribution in [0.3, 0.4) is 0 Å². The molecule has 0 spiro atoms. The standard InChI is InChI=1S/C15H19NO2/c1-10(17)12-13(11-8-6-5-7-9-11)16(14(12)18)15(2,3)4/h5-9,12-13H,1-4H3/t12-,13+/m0/s1. The predicted octanol–water partition coefficient (Wildman–Crippen LogP) is 2.57. The summed E-state index contributed by atoms with van der Waals surface area (Å²) in [5, 5.41) is 0. The summed E-state index contributed by atoms with van der Waals surface area (Å²) >= 11 is 0. The van der Waals surface area contributed by atoms with E-state index in [0.29, 0.717) is 0 Å². The van der Waals surface area contributed by atoms with Crippen LogP contribution in [0.2, 0.25) is 0 Å². The first-order valence-corrected chi connectivity index (χ1v) is 6.22. The Labute approximate surface area is 108 Å². The van der Waals surface area contributed by atoms with Gasteiger partial charge in [-0.1, -0.05) is 30.3 Å². The molecule has 0 aliphatic carbocycles. The van der Waals surface area contributed by atoms with Gasteiger partial charge in [-0.3, -0.25) is 9.59 Å². The number of hydrogen-bond donors (Lipinski definition) is 0. The highest BCUT2D eigenvalue weighted by molar-refractivity contribution is 6.06. The fraction of sp³-hybridized carbons (Fsp3) is 0.467. The third-order valence-electron chi connectivity index (χ3n) is 3.40. The minimum absolute atomic E-state index is 0.0469. The number of nitrogens with zero attached hydrogens (tertiary/aromatic N) is 1. The number of likely N-dealkylation sites (tertiary alicyclic amines) is 1. The maximum absolute atomic E-state index is 12.1. The van der Waals surface area contributed by atoms with E-state index < -0.39 is 5.92 Å². The quantitative estimate of drug-likeness (QED) is 0.593. The van der Waals surface area contributed by atoms with Crippen molar-refractivity contribution in [2.45, 2.75) is 39.3 Å². The van der Waals surface area contributed by atoms with Gasteiger partial charge in [0.05, 0.1) is 6.04 Å². The number of hydrogen-bond acceptors (Lipinski definition) is 2. The highest BCUT2D eigenvalue weighted by atomic mass is 16.2. The van der Waals surface area contributed by atoms with Gasteiger partial charge in [-0.2, -0.15) is 0 Å². The molecule has 2 atom stereocenters. The van der Waals surface area contributed by atoms with Crippen molar-refractivity contribution < 1.29 is 9.59 Å². The van der Waals surface area contributed by atoms with Gasteiger partial charge in [0.1, 0.15) is 11.7 Å². The smallest absolute Gasteiger partial charge is 0.236 e. The molecule has 3 nitrogen and oxygen atoms in total. The molecule has 0 unspecified atom stereocenters. The van der Waals surface area contributed by atoms with E-state index in [9.17, 15) is 9.59 Å². The number of β-lactam (4-membered cyclic amide) rings is 1. The molecule has 1 fully saturated rings. The number of carbonyl (C=O) groups excluding carboxylic acids is 2.